The number of rotatable bonds is 6. The summed E-state index contributed by atoms with van der Waals surface area (Å²) in [7, 11) is 3.09. The molecule has 1 unspecified atom stereocenters. The highest BCUT2D eigenvalue weighted by molar-refractivity contribution is 7.21. The minimum Gasteiger partial charge on any atom is -0.497 e. The summed E-state index contributed by atoms with van der Waals surface area (Å²) in [5, 5.41) is 12.7. The van der Waals surface area contributed by atoms with Crippen LogP contribution in [-0.2, 0) is 4.74 Å². The maximum Gasteiger partial charge on any atom is 0.263 e. The SMILES string of the molecule is COCC(CO)NC(=O)c1sc2cc(OC)ccc2c1N. The lowest BCUT2D eigenvalue weighted by molar-refractivity contribution is 0.0844. The normalized spacial score (nSPS) is 12.3. The summed E-state index contributed by atoms with van der Waals surface area (Å²) >= 11 is 1.29. The third-order valence-corrected chi connectivity index (χ3v) is 4.23. The fraction of sp³-hybridized carbons (Fsp3) is 0.357. The first kappa shape index (κ1) is 15.6. The Kier molecular flexibility index (Phi) is 5.00. The van der Waals surface area contributed by atoms with E-state index in [1.165, 1.54) is 18.4 Å². The maximum absolute atomic E-state index is 12.3. The number of methoxy groups -OCH3 is 2. The molecule has 2 aromatic rings. The first-order chi connectivity index (χ1) is 10.1. The number of thiophene rings is 1. The lowest BCUT2D eigenvalue weighted by Crippen LogP contribution is -2.40. The number of benzene rings is 1. The van der Waals surface area contributed by atoms with Crippen LogP contribution in [0.5, 0.6) is 5.75 Å². The molecule has 0 spiro atoms. The molecule has 0 saturated carbocycles. The van der Waals surface area contributed by atoms with Crippen LogP contribution in [0.2, 0.25) is 0 Å². The summed E-state index contributed by atoms with van der Waals surface area (Å²) in [6.45, 7) is 0.0407. The zero-order chi connectivity index (χ0) is 15.4. The van der Waals surface area contributed by atoms with Gasteiger partial charge in [0.1, 0.15) is 10.6 Å². The number of carbonyl (C=O) groups excluding carboxylic acids is 1. The van der Waals surface area contributed by atoms with Gasteiger partial charge in [-0.05, 0) is 18.2 Å². The Morgan fingerprint density at radius 3 is 2.86 bits per heavy atom. The predicted molar refractivity (Wildman–Crippen MR) is 83.0 cm³/mol. The number of ether oxygens (including phenoxy) is 2. The Morgan fingerprint density at radius 2 is 2.24 bits per heavy atom. The van der Waals surface area contributed by atoms with Gasteiger partial charge in [-0.15, -0.1) is 11.3 Å². The van der Waals surface area contributed by atoms with E-state index < -0.39 is 6.04 Å². The molecule has 1 aromatic heterocycles. The first-order valence-electron chi connectivity index (χ1n) is 6.37. The maximum atomic E-state index is 12.3. The smallest absolute Gasteiger partial charge is 0.263 e. The van der Waals surface area contributed by atoms with E-state index in [-0.39, 0.29) is 19.1 Å². The third kappa shape index (κ3) is 3.26. The van der Waals surface area contributed by atoms with Crippen LogP contribution in [0.1, 0.15) is 9.67 Å². The van der Waals surface area contributed by atoms with Gasteiger partial charge in [-0.1, -0.05) is 0 Å². The predicted octanol–water partition coefficient (Wildman–Crippen LogP) is 1.23. The van der Waals surface area contributed by atoms with Crippen molar-refractivity contribution in [2.45, 2.75) is 6.04 Å². The zero-order valence-corrected chi connectivity index (χ0v) is 12.7. The highest BCUT2D eigenvalue weighted by atomic mass is 32.1. The second-order valence-corrected chi connectivity index (χ2v) is 5.57. The number of nitrogen functional groups attached to an aromatic ring is 1. The monoisotopic (exact) mass is 310 g/mol. The Labute approximate surface area is 126 Å². The zero-order valence-electron chi connectivity index (χ0n) is 11.9. The van der Waals surface area contributed by atoms with Gasteiger partial charge >= 0.3 is 0 Å². The number of hydrogen-bond donors (Lipinski definition) is 3. The second kappa shape index (κ2) is 6.75. The Morgan fingerprint density at radius 1 is 1.48 bits per heavy atom. The molecule has 0 saturated heterocycles. The molecular formula is C14H18N2O4S. The molecule has 0 aliphatic heterocycles. The first-order valence-corrected chi connectivity index (χ1v) is 7.19. The summed E-state index contributed by atoms with van der Waals surface area (Å²) in [4.78, 5) is 12.7. The summed E-state index contributed by atoms with van der Waals surface area (Å²) < 4.78 is 11.0. The molecule has 1 amide bonds. The summed E-state index contributed by atoms with van der Waals surface area (Å²) in [5.74, 6) is 0.395. The molecule has 0 fully saturated rings. The van der Waals surface area contributed by atoms with Gasteiger partial charge in [0.2, 0.25) is 0 Å². The van der Waals surface area contributed by atoms with Gasteiger partial charge in [-0.25, -0.2) is 0 Å². The van der Waals surface area contributed by atoms with Gasteiger partial charge in [-0.2, -0.15) is 0 Å². The van der Waals surface area contributed by atoms with Gasteiger partial charge in [-0.3, -0.25) is 4.79 Å². The van der Waals surface area contributed by atoms with Crippen molar-refractivity contribution in [1.82, 2.24) is 5.32 Å². The molecule has 4 N–H and O–H groups in total. The Balaban J connectivity index is 2.28. The van der Waals surface area contributed by atoms with Crippen LogP contribution in [0, 0.1) is 0 Å². The van der Waals surface area contributed by atoms with Crippen LogP contribution in [0.15, 0.2) is 18.2 Å². The molecule has 7 heteroatoms. The van der Waals surface area contributed by atoms with Crippen molar-refractivity contribution in [1.29, 1.82) is 0 Å². The standard InChI is InChI=1S/C14H18N2O4S/c1-19-7-8(6-17)16-14(18)13-12(15)10-4-3-9(20-2)5-11(10)21-13/h3-5,8,17H,6-7,15H2,1-2H3,(H,16,18). The van der Waals surface area contributed by atoms with Gasteiger partial charge in [0.05, 0.1) is 32.1 Å². The average molecular weight is 310 g/mol. The van der Waals surface area contributed by atoms with Crippen LogP contribution in [-0.4, -0.2) is 44.5 Å². The second-order valence-electron chi connectivity index (χ2n) is 4.52. The molecule has 0 radical (unpaired) electrons. The molecule has 0 bridgehead atoms. The number of carbonyl (C=O) groups is 1. The van der Waals surface area contributed by atoms with Gasteiger partial charge in [0, 0.05) is 17.2 Å². The topological polar surface area (TPSA) is 93.8 Å². The largest absolute Gasteiger partial charge is 0.497 e. The molecule has 21 heavy (non-hydrogen) atoms. The molecule has 6 nitrogen and oxygen atoms in total. The van der Waals surface area contributed by atoms with Crippen molar-refractivity contribution in [3.05, 3.63) is 23.1 Å². The Bertz CT molecular complexity index is 641. The van der Waals surface area contributed by atoms with Gasteiger partial charge < -0.3 is 25.6 Å². The van der Waals surface area contributed by atoms with Crippen LogP contribution >= 0.6 is 11.3 Å². The fourth-order valence-electron chi connectivity index (χ4n) is 1.98. The van der Waals surface area contributed by atoms with E-state index in [4.69, 9.17) is 15.2 Å². The number of nitrogens with one attached hydrogen (secondary N) is 1. The molecule has 1 heterocycles. The van der Waals surface area contributed by atoms with Gasteiger partial charge in [0.25, 0.3) is 5.91 Å². The molecule has 1 atom stereocenters. The molecular weight excluding hydrogens is 292 g/mol. The molecule has 2 rings (SSSR count). The number of hydrogen-bond acceptors (Lipinski definition) is 6. The number of aliphatic hydroxyl groups excluding tert-OH is 1. The highest BCUT2D eigenvalue weighted by Gasteiger charge is 2.19. The van der Waals surface area contributed by atoms with Crippen molar-refractivity contribution in [2.24, 2.45) is 0 Å². The molecule has 1 aromatic carbocycles. The molecule has 114 valence electrons. The number of aliphatic hydroxyl groups is 1. The van der Waals surface area contributed by atoms with Crippen LogP contribution in [0.3, 0.4) is 0 Å². The van der Waals surface area contributed by atoms with E-state index in [9.17, 15) is 9.90 Å². The minimum atomic E-state index is -0.457. The van der Waals surface area contributed by atoms with E-state index in [1.807, 2.05) is 12.1 Å². The number of anilines is 1. The third-order valence-electron chi connectivity index (χ3n) is 3.07. The number of nitrogens with two attached hydrogens (primary N) is 1. The average Bonchev–Trinajstić information content (AvgIpc) is 2.83. The highest BCUT2D eigenvalue weighted by Crippen LogP contribution is 2.35. The number of amides is 1. The summed E-state index contributed by atoms with van der Waals surface area (Å²) in [6, 6.07) is 5.01. The lowest BCUT2D eigenvalue weighted by atomic mass is 10.2. The van der Waals surface area contributed by atoms with Crippen molar-refractivity contribution in [3.8, 4) is 5.75 Å². The van der Waals surface area contributed by atoms with Crippen molar-refractivity contribution < 1.29 is 19.4 Å². The molecule has 0 aliphatic carbocycles. The minimum absolute atomic E-state index is 0.196. The van der Waals surface area contributed by atoms with Crippen molar-refractivity contribution in [3.63, 3.8) is 0 Å². The van der Waals surface area contributed by atoms with Gasteiger partial charge in [0.15, 0.2) is 0 Å². The summed E-state index contributed by atoms with van der Waals surface area (Å²) in [5.41, 5.74) is 6.47. The van der Waals surface area contributed by atoms with E-state index in [0.29, 0.717) is 16.3 Å². The van der Waals surface area contributed by atoms with Crippen molar-refractivity contribution >= 4 is 33.0 Å². The summed E-state index contributed by atoms with van der Waals surface area (Å²) in [6.07, 6.45) is 0. The van der Waals surface area contributed by atoms with Crippen molar-refractivity contribution in [2.75, 3.05) is 33.2 Å². The molecule has 0 aliphatic rings. The van der Waals surface area contributed by atoms with Crippen LogP contribution in [0.25, 0.3) is 10.1 Å². The van der Waals surface area contributed by atoms with Crippen LogP contribution < -0.4 is 15.8 Å². The quantitative estimate of drug-likeness (QED) is 0.746. The van der Waals surface area contributed by atoms with E-state index in [2.05, 4.69) is 5.32 Å². The number of fused-ring (bicyclic) bond motifs is 1. The van der Waals surface area contributed by atoms with E-state index in [1.54, 1.807) is 13.2 Å². The fourth-order valence-corrected chi connectivity index (χ4v) is 3.04. The van der Waals surface area contributed by atoms with E-state index in [0.717, 1.165) is 10.1 Å². The van der Waals surface area contributed by atoms with E-state index >= 15 is 0 Å². The van der Waals surface area contributed by atoms with Crippen LogP contribution in [0.4, 0.5) is 5.69 Å². The Hall–Kier alpha value is -1.83. The lowest BCUT2D eigenvalue weighted by Gasteiger charge is -2.14.